The van der Waals surface area contributed by atoms with Gasteiger partial charge in [-0.1, -0.05) is 28.9 Å². The molecule has 1 amide bonds. The number of ether oxygens (including phenoxy) is 1. The van der Waals surface area contributed by atoms with Crippen molar-refractivity contribution in [1.29, 1.82) is 0 Å². The lowest BCUT2D eigenvalue weighted by Gasteiger charge is -2.29. The van der Waals surface area contributed by atoms with Crippen molar-refractivity contribution in [3.63, 3.8) is 0 Å². The van der Waals surface area contributed by atoms with Crippen LogP contribution in [0.3, 0.4) is 0 Å². The number of carbonyl (C=O) groups excluding carboxylic acids is 1. The number of rotatable bonds is 6. The van der Waals surface area contributed by atoms with Crippen LogP contribution in [-0.4, -0.2) is 24.7 Å². The number of amides is 1. The number of hydrogen-bond acceptors (Lipinski definition) is 4. The summed E-state index contributed by atoms with van der Waals surface area (Å²) in [6.45, 7) is 5.87. The summed E-state index contributed by atoms with van der Waals surface area (Å²) in [7, 11) is 1.61. The second kappa shape index (κ2) is 7.15. The molecular formula is C17H21ClN2O3. The fourth-order valence-electron chi connectivity index (χ4n) is 2.35. The van der Waals surface area contributed by atoms with Crippen molar-refractivity contribution in [2.75, 3.05) is 13.7 Å². The molecule has 1 heterocycles. The molecule has 1 aromatic heterocycles. The van der Waals surface area contributed by atoms with Gasteiger partial charge >= 0.3 is 0 Å². The largest absolute Gasteiger partial charge is 0.372 e. The quantitative estimate of drug-likeness (QED) is 0.880. The number of aromatic nitrogens is 1. The maximum Gasteiger partial charge on any atom is 0.224 e. The standard InChI is InChI=1S/C17H21ClN2O3/c1-11-15(12(2)23-20-11)9-16(21)19-10-17(3,22-4)13-6-5-7-14(18)8-13/h5-8H,9-10H2,1-4H3,(H,19,21). The number of hydrogen-bond donors (Lipinski definition) is 1. The van der Waals surface area contributed by atoms with Crippen LogP contribution < -0.4 is 5.32 Å². The Morgan fingerprint density at radius 1 is 1.43 bits per heavy atom. The van der Waals surface area contributed by atoms with E-state index in [9.17, 15) is 4.79 Å². The van der Waals surface area contributed by atoms with Gasteiger partial charge in [0.2, 0.25) is 5.91 Å². The molecule has 1 atom stereocenters. The zero-order valence-corrected chi connectivity index (χ0v) is 14.5. The smallest absolute Gasteiger partial charge is 0.224 e. The van der Waals surface area contributed by atoms with Crippen molar-refractivity contribution in [2.24, 2.45) is 0 Å². The van der Waals surface area contributed by atoms with Crippen LogP contribution >= 0.6 is 11.6 Å². The van der Waals surface area contributed by atoms with Crippen LogP contribution in [0.1, 0.15) is 29.5 Å². The number of benzene rings is 1. The van der Waals surface area contributed by atoms with Gasteiger partial charge in [-0.05, 0) is 38.5 Å². The minimum Gasteiger partial charge on any atom is -0.372 e. The summed E-state index contributed by atoms with van der Waals surface area (Å²) in [4.78, 5) is 12.2. The van der Waals surface area contributed by atoms with Crippen LogP contribution in [0.2, 0.25) is 5.02 Å². The topological polar surface area (TPSA) is 64.4 Å². The zero-order chi connectivity index (χ0) is 17.0. The highest BCUT2D eigenvalue weighted by molar-refractivity contribution is 6.30. The summed E-state index contributed by atoms with van der Waals surface area (Å²) < 4.78 is 10.7. The molecule has 2 rings (SSSR count). The monoisotopic (exact) mass is 336 g/mol. The lowest BCUT2D eigenvalue weighted by atomic mass is 9.95. The number of nitrogens with one attached hydrogen (secondary N) is 1. The van der Waals surface area contributed by atoms with Gasteiger partial charge in [0.25, 0.3) is 0 Å². The van der Waals surface area contributed by atoms with E-state index < -0.39 is 5.60 Å². The third kappa shape index (κ3) is 4.12. The predicted molar refractivity (Wildman–Crippen MR) is 88.5 cm³/mol. The van der Waals surface area contributed by atoms with Crippen LogP contribution in [0.15, 0.2) is 28.8 Å². The molecule has 0 aliphatic heterocycles. The number of methoxy groups -OCH3 is 1. The Hall–Kier alpha value is -1.85. The Bertz CT molecular complexity index is 679. The second-order valence-corrected chi connectivity index (χ2v) is 6.14. The highest BCUT2D eigenvalue weighted by Gasteiger charge is 2.27. The van der Waals surface area contributed by atoms with Crippen LogP contribution in [0.5, 0.6) is 0 Å². The summed E-state index contributed by atoms with van der Waals surface area (Å²) in [5.74, 6) is 0.562. The molecule has 6 heteroatoms. The molecule has 0 saturated heterocycles. The molecule has 2 aromatic rings. The van der Waals surface area contributed by atoms with E-state index in [-0.39, 0.29) is 12.3 Å². The van der Waals surface area contributed by atoms with Crippen molar-refractivity contribution >= 4 is 17.5 Å². The predicted octanol–water partition coefficient (Wildman–Crippen LogP) is 3.17. The third-order valence-corrected chi connectivity index (χ3v) is 4.26. The molecule has 1 unspecified atom stereocenters. The number of halogens is 1. The highest BCUT2D eigenvalue weighted by Crippen LogP contribution is 2.26. The SMILES string of the molecule is COC(C)(CNC(=O)Cc1c(C)noc1C)c1cccc(Cl)c1. The van der Waals surface area contributed by atoms with Crippen molar-refractivity contribution in [1.82, 2.24) is 10.5 Å². The normalized spacial score (nSPS) is 13.6. The Morgan fingerprint density at radius 3 is 2.74 bits per heavy atom. The van der Waals surface area contributed by atoms with E-state index in [4.69, 9.17) is 20.9 Å². The average molecular weight is 337 g/mol. The fourth-order valence-corrected chi connectivity index (χ4v) is 2.54. The van der Waals surface area contributed by atoms with E-state index in [2.05, 4.69) is 10.5 Å². The van der Waals surface area contributed by atoms with E-state index >= 15 is 0 Å². The first-order chi connectivity index (χ1) is 10.9. The van der Waals surface area contributed by atoms with Gasteiger partial charge in [-0.15, -0.1) is 0 Å². The Balaban J connectivity index is 2.04. The van der Waals surface area contributed by atoms with E-state index in [0.29, 0.717) is 17.3 Å². The number of aryl methyl sites for hydroxylation is 2. The van der Waals surface area contributed by atoms with Crippen molar-refractivity contribution in [3.8, 4) is 0 Å². The molecule has 0 bridgehead atoms. The minimum absolute atomic E-state index is 0.107. The lowest BCUT2D eigenvalue weighted by molar-refractivity contribution is -0.122. The average Bonchev–Trinajstić information content (AvgIpc) is 2.84. The molecule has 1 aromatic carbocycles. The summed E-state index contributed by atoms with van der Waals surface area (Å²) >= 11 is 6.04. The Morgan fingerprint density at radius 2 is 2.17 bits per heavy atom. The Labute approximate surface area is 141 Å². The first-order valence-electron chi connectivity index (χ1n) is 7.35. The third-order valence-electron chi connectivity index (χ3n) is 4.03. The first-order valence-corrected chi connectivity index (χ1v) is 7.73. The zero-order valence-electron chi connectivity index (χ0n) is 13.8. The summed E-state index contributed by atoms with van der Waals surface area (Å²) in [5.41, 5.74) is 1.82. The van der Waals surface area contributed by atoms with Crippen LogP contribution in [-0.2, 0) is 21.6 Å². The van der Waals surface area contributed by atoms with Gasteiger partial charge in [0.15, 0.2) is 0 Å². The second-order valence-electron chi connectivity index (χ2n) is 5.70. The summed E-state index contributed by atoms with van der Waals surface area (Å²) in [6, 6.07) is 7.43. The maximum atomic E-state index is 12.2. The minimum atomic E-state index is -0.653. The van der Waals surface area contributed by atoms with Crippen molar-refractivity contribution in [3.05, 3.63) is 51.9 Å². The first kappa shape index (κ1) is 17.5. The van der Waals surface area contributed by atoms with Gasteiger partial charge in [0.05, 0.1) is 18.7 Å². The van der Waals surface area contributed by atoms with E-state index in [1.54, 1.807) is 20.1 Å². The van der Waals surface area contributed by atoms with Gasteiger partial charge in [-0.3, -0.25) is 4.79 Å². The van der Waals surface area contributed by atoms with Gasteiger partial charge < -0.3 is 14.6 Å². The lowest BCUT2D eigenvalue weighted by Crippen LogP contribution is -2.40. The molecule has 0 aliphatic rings. The van der Waals surface area contributed by atoms with E-state index in [0.717, 1.165) is 16.8 Å². The van der Waals surface area contributed by atoms with E-state index in [1.807, 2.05) is 32.0 Å². The molecule has 5 nitrogen and oxygen atoms in total. The van der Waals surface area contributed by atoms with Gasteiger partial charge in [-0.25, -0.2) is 0 Å². The highest BCUT2D eigenvalue weighted by atomic mass is 35.5. The fraction of sp³-hybridized carbons (Fsp3) is 0.412. The molecule has 0 fully saturated rings. The Kier molecular flexibility index (Phi) is 5.44. The maximum absolute atomic E-state index is 12.2. The number of nitrogens with zero attached hydrogens (tertiary/aromatic N) is 1. The van der Waals surface area contributed by atoms with Gasteiger partial charge in [0, 0.05) is 17.7 Å². The van der Waals surface area contributed by atoms with Crippen LogP contribution in [0, 0.1) is 13.8 Å². The molecule has 0 spiro atoms. The van der Waals surface area contributed by atoms with Crippen molar-refractivity contribution < 1.29 is 14.1 Å². The molecule has 0 saturated carbocycles. The van der Waals surface area contributed by atoms with Gasteiger partial charge in [0.1, 0.15) is 11.4 Å². The van der Waals surface area contributed by atoms with Crippen LogP contribution in [0.25, 0.3) is 0 Å². The molecular weight excluding hydrogens is 316 g/mol. The number of carbonyl (C=O) groups is 1. The van der Waals surface area contributed by atoms with Crippen molar-refractivity contribution in [2.45, 2.75) is 32.8 Å². The molecule has 0 radical (unpaired) electrons. The summed E-state index contributed by atoms with van der Waals surface area (Å²) in [6.07, 6.45) is 0.233. The molecule has 124 valence electrons. The van der Waals surface area contributed by atoms with Gasteiger partial charge in [-0.2, -0.15) is 0 Å². The molecule has 1 N–H and O–H groups in total. The molecule has 0 aliphatic carbocycles. The molecule has 23 heavy (non-hydrogen) atoms. The summed E-state index contributed by atoms with van der Waals surface area (Å²) in [5, 5.41) is 7.40. The van der Waals surface area contributed by atoms with Crippen LogP contribution in [0.4, 0.5) is 0 Å². The van der Waals surface area contributed by atoms with E-state index in [1.165, 1.54) is 0 Å².